The van der Waals surface area contributed by atoms with Gasteiger partial charge < -0.3 is 26.0 Å². The second-order valence-electron chi connectivity index (χ2n) is 12.2. The summed E-state index contributed by atoms with van der Waals surface area (Å²) < 4.78 is 0. The molecule has 0 aliphatic carbocycles. The number of nitrogens with zero attached hydrogens (tertiary/aromatic N) is 1. The molecule has 2 aliphatic rings. The second kappa shape index (κ2) is 15.1. The third kappa shape index (κ3) is 8.53. The average molecular weight is 605 g/mol. The van der Waals surface area contributed by atoms with E-state index >= 15 is 0 Å². The van der Waals surface area contributed by atoms with Crippen molar-refractivity contribution in [1.29, 1.82) is 0 Å². The van der Waals surface area contributed by atoms with Crippen molar-refractivity contribution in [2.24, 2.45) is 0 Å². The van der Waals surface area contributed by atoms with Crippen LogP contribution in [0.5, 0.6) is 0 Å². The number of carbonyl (C=O) groups excluding carboxylic acids is 5. The molecule has 2 aromatic carbocycles. The van der Waals surface area contributed by atoms with Crippen LogP contribution < -0.4 is 16.0 Å². The van der Waals surface area contributed by atoms with Gasteiger partial charge in [-0.25, -0.2) is 0 Å². The Kier molecular flexibility index (Phi) is 11.3. The van der Waals surface area contributed by atoms with Gasteiger partial charge in [0.2, 0.25) is 23.6 Å². The van der Waals surface area contributed by atoms with E-state index in [9.17, 15) is 29.1 Å². The van der Waals surface area contributed by atoms with E-state index < -0.39 is 47.5 Å². The Hall–Kier alpha value is -4.05. The van der Waals surface area contributed by atoms with E-state index in [1.54, 1.807) is 6.92 Å². The summed E-state index contributed by atoms with van der Waals surface area (Å²) in [6.07, 6.45) is 2.74. The van der Waals surface area contributed by atoms with Gasteiger partial charge in [-0.1, -0.05) is 73.5 Å². The van der Waals surface area contributed by atoms with Gasteiger partial charge in [0.15, 0.2) is 5.78 Å². The minimum absolute atomic E-state index is 0.173. The van der Waals surface area contributed by atoms with Crippen molar-refractivity contribution in [1.82, 2.24) is 20.9 Å². The summed E-state index contributed by atoms with van der Waals surface area (Å²) in [6, 6.07) is 16.1. The van der Waals surface area contributed by atoms with Gasteiger partial charge in [-0.2, -0.15) is 0 Å². The molecule has 2 aromatic rings. The number of Topliss-reactive ketones (excluding diaryl/α,β-unsaturated/α-hetero) is 1. The second-order valence-corrected chi connectivity index (χ2v) is 12.2. The first-order valence-corrected chi connectivity index (χ1v) is 15.6. The fourth-order valence-corrected chi connectivity index (χ4v) is 5.99. The Labute approximate surface area is 259 Å². The Morgan fingerprint density at radius 1 is 0.909 bits per heavy atom. The van der Waals surface area contributed by atoms with Crippen LogP contribution in [0, 0.1) is 0 Å². The maximum absolute atomic E-state index is 14.1. The number of rotatable bonds is 11. The number of fused-ring (bicyclic) bond motifs is 1. The van der Waals surface area contributed by atoms with Crippen LogP contribution in [0.2, 0.25) is 0 Å². The lowest BCUT2D eigenvalue weighted by atomic mass is 9.90. The zero-order chi connectivity index (χ0) is 31.7. The molecule has 2 saturated heterocycles. The summed E-state index contributed by atoms with van der Waals surface area (Å²) in [5.41, 5.74) is 0.262. The summed E-state index contributed by atoms with van der Waals surface area (Å²) >= 11 is 0. The van der Waals surface area contributed by atoms with Gasteiger partial charge in [0.25, 0.3) is 0 Å². The molecule has 0 bridgehead atoms. The van der Waals surface area contributed by atoms with E-state index in [-0.39, 0.29) is 31.0 Å². The molecule has 4 rings (SSSR count). The molecule has 4 N–H and O–H groups in total. The van der Waals surface area contributed by atoms with Crippen LogP contribution in [-0.2, 0) is 36.8 Å². The largest absolute Gasteiger partial charge is 0.386 e. The number of hydrogen-bond donors (Lipinski definition) is 4. The van der Waals surface area contributed by atoms with Crippen molar-refractivity contribution >= 4 is 29.4 Å². The van der Waals surface area contributed by atoms with Crippen molar-refractivity contribution in [3.8, 4) is 0 Å². The highest BCUT2D eigenvalue weighted by Crippen LogP contribution is 2.23. The predicted molar refractivity (Wildman–Crippen MR) is 165 cm³/mol. The number of aliphatic hydroxyl groups is 1. The number of carbonyl (C=O) groups is 5. The molecule has 0 aromatic heterocycles. The summed E-state index contributed by atoms with van der Waals surface area (Å²) in [7, 11) is 0. The summed E-state index contributed by atoms with van der Waals surface area (Å²) in [5.74, 6) is -1.92. The van der Waals surface area contributed by atoms with Gasteiger partial charge in [0.05, 0.1) is 0 Å². The fraction of sp³-hybridized carbons (Fsp3) is 0.500. The van der Waals surface area contributed by atoms with E-state index in [0.29, 0.717) is 45.1 Å². The van der Waals surface area contributed by atoms with E-state index in [4.69, 9.17) is 0 Å². The van der Waals surface area contributed by atoms with E-state index in [2.05, 4.69) is 16.0 Å². The number of hydrogen-bond acceptors (Lipinski definition) is 6. The van der Waals surface area contributed by atoms with Gasteiger partial charge in [-0.15, -0.1) is 0 Å². The maximum Gasteiger partial charge on any atom is 0.246 e. The lowest BCUT2D eigenvalue weighted by molar-refractivity contribution is -0.144. The molecule has 2 fully saturated rings. The van der Waals surface area contributed by atoms with Crippen LogP contribution in [0.3, 0.4) is 0 Å². The van der Waals surface area contributed by atoms with Crippen LogP contribution >= 0.6 is 0 Å². The first-order valence-electron chi connectivity index (χ1n) is 15.6. The van der Waals surface area contributed by atoms with Crippen molar-refractivity contribution in [3.63, 3.8) is 0 Å². The van der Waals surface area contributed by atoms with Crippen LogP contribution in [0.25, 0.3) is 0 Å². The number of nitrogens with one attached hydrogen (secondary N) is 3. The Bertz CT molecular complexity index is 1320. The standard InChI is InChI=1S/C34H44N4O6/c1-23(39)29(40)19-11-5-10-17-26-30(41)37-34(2,22-25-15-8-4-9-16-25)33(44)36-27(21-24-13-6-3-7-14-24)32(43)38-20-12-18-28(38)31(42)35-26/h3-4,6-9,13-16,23,26-28,39H,5,10-12,17-22H2,1-2H3,(H,35,42)(H,36,44)(H,37,41)/t23-,26+,27?,28-,34+/m1/s1. The lowest BCUT2D eigenvalue weighted by Crippen LogP contribution is -2.66. The summed E-state index contributed by atoms with van der Waals surface area (Å²) in [6.45, 7) is 3.46. The van der Waals surface area contributed by atoms with Crippen molar-refractivity contribution in [2.75, 3.05) is 6.54 Å². The molecule has 44 heavy (non-hydrogen) atoms. The van der Waals surface area contributed by atoms with E-state index in [1.807, 2.05) is 60.7 Å². The van der Waals surface area contributed by atoms with Crippen molar-refractivity contribution < 1.29 is 29.1 Å². The smallest absolute Gasteiger partial charge is 0.246 e. The molecule has 10 nitrogen and oxygen atoms in total. The highest BCUT2D eigenvalue weighted by atomic mass is 16.3. The van der Waals surface area contributed by atoms with Gasteiger partial charge in [-0.3, -0.25) is 24.0 Å². The number of unbranched alkanes of at least 4 members (excludes halogenated alkanes) is 2. The molecular weight excluding hydrogens is 560 g/mol. The molecule has 2 heterocycles. The zero-order valence-electron chi connectivity index (χ0n) is 25.6. The van der Waals surface area contributed by atoms with Crippen LogP contribution in [0.15, 0.2) is 60.7 Å². The third-order valence-electron chi connectivity index (χ3n) is 8.54. The minimum atomic E-state index is -1.43. The van der Waals surface area contributed by atoms with Gasteiger partial charge >= 0.3 is 0 Å². The normalized spacial score (nSPS) is 25.2. The Balaban J connectivity index is 1.62. The molecule has 1 unspecified atom stereocenters. The van der Waals surface area contributed by atoms with Crippen LogP contribution in [-0.4, -0.2) is 75.7 Å². The van der Waals surface area contributed by atoms with Crippen molar-refractivity contribution in [3.05, 3.63) is 71.8 Å². The van der Waals surface area contributed by atoms with E-state index in [0.717, 1.165) is 11.1 Å². The zero-order valence-corrected chi connectivity index (χ0v) is 25.6. The van der Waals surface area contributed by atoms with Crippen LogP contribution in [0.4, 0.5) is 0 Å². The number of ketones is 1. The molecule has 0 radical (unpaired) electrons. The molecule has 4 amide bonds. The van der Waals surface area contributed by atoms with Gasteiger partial charge in [-0.05, 0) is 50.7 Å². The highest BCUT2D eigenvalue weighted by molar-refractivity contribution is 5.99. The molecule has 5 atom stereocenters. The highest BCUT2D eigenvalue weighted by Gasteiger charge is 2.43. The number of aliphatic hydroxyl groups excluding tert-OH is 1. The maximum atomic E-state index is 14.1. The quantitative estimate of drug-likeness (QED) is 0.290. The SMILES string of the molecule is C[C@@H](O)C(=O)CCCCC[C@@H]1NC(=O)[C@H]2CCCN2C(=O)C(Cc2ccccc2)NC(=O)[C@](C)(Cc2ccccc2)NC1=O. The predicted octanol–water partition coefficient (Wildman–Crippen LogP) is 2.22. The molecule has 236 valence electrons. The van der Waals surface area contributed by atoms with Crippen molar-refractivity contribution in [2.45, 2.75) is 101 Å². The minimum Gasteiger partial charge on any atom is -0.386 e. The van der Waals surface area contributed by atoms with E-state index in [1.165, 1.54) is 11.8 Å². The number of benzene rings is 2. The number of amides is 4. The fourth-order valence-electron chi connectivity index (χ4n) is 5.99. The van der Waals surface area contributed by atoms with Gasteiger partial charge in [0.1, 0.15) is 29.8 Å². The first-order chi connectivity index (χ1) is 21.1. The first kappa shape index (κ1) is 32.9. The van der Waals surface area contributed by atoms with Crippen LogP contribution in [0.1, 0.15) is 69.9 Å². The monoisotopic (exact) mass is 604 g/mol. The molecule has 0 spiro atoms. The average Bonchev–Trinajstić information content (AvgIpc) is 3.50. The molecule has 10 heteroatoms. The third-order valence-corrected chi connectivity index (χ3v) is 8.54. The molecular formula is C34H44N4O6. The van der Waals surface area contributed by atoms with Gasteiger partial charge in [0, 0.05) is 25.8 Å². The topological polar surface area (TPSA) is 145 Å². The molecule has 2 aliphatic heterocycles. The summed E-state index contributed by atoms with van der Waals surface area (Å²) in [5, 5.41) is 18.2. The Morgan fingerprint density at radius 3 is 2.23 bits per heavy atom. The Morgan fingerprint density at radius 2 is 1.57 bits per heavy atom. The lowest BCUT2D eigenvalue weighted by Gasteiger charge is -2.36. The summed E-state index contributed by atoms with van der Waals surface area (Å²) in [4.78, 5) is 68.9. The molecule has 0 saturated carbocycles.